The predicted octanol–water partition coefficient (Wildman–Crippen LogP) is -1.57. The van der Waals surface area contributed by atoms with Crippen LogP contribution in [0.5, 0.6) is 0 Å². The van der Waals surface area contributed by atoms with Crippen molar-refractivity contribution in [1.82, 2.24) is 0 Å². The zero-order valence-electron chi connectivity index (χ0n) is 7.01. The highest BCUT2D eigenvalue weighted by Gasteiger charge is 2.34. The molecule has 0 bridgehead atoms. The van der Waals surface area contributed by atoms with Gasteiger partial charge in [0.15, 0.2) is 6.29 Å². The van der Waals surface area contributed by atoms with Crippen molar-refractivity contribution in [2.24, 2.45) is 5.73 Å². The Hall–Kier alpha value is -0.200. The Labute approximate surface area is 71.1 Å². The molecule has 72 valence electrons. The van der Waals surface area contributed by atoms with Gasteiger partial charge in [-0.05, 0) is 0 Å². The van der Waals surface area contributed by atoms with Crippen LogP contribution in [0.1, 0.15) is 6.42 Å². The first-order valence-electron chi connectivity index (χ1n) is 3.91. The lowest BCUT2D eigenvalue weighted by molar-refractivity contribution is -0.217. The Balaban J connectivity index is 2.52. The third-order valence-electron chi connectivity index (χ3n) is 2.08. The van der Waals surface area contributed by atoms with Gasteiger partial charge in [0.1, 0.15) is 6.10 Å². The van der Waals surface area contributed by atoms with Crippen LogP contribution in [-0.4, -0.2) is 48.5 Å². The number of aliphatic hydroxyl groups is 2. The second-order valence-corrected chi connectivity index (χ2v) is 2.90. The van der Waals surface area contributed by atoms with E-state index in [1.807, 2.05) is 0 Å². The normalized spacial score (nSPS) is 43.0. The molecule has 0 spiro atoms. The second-order valence-electron chi connectivity index (χ2n) is 2.90. The molecule has 0 aromatic rings. The largest absolute Gasteiger partial charge is 0.394 e. The van der Waals surface area contributed by atoms with E-state index in [1.54, 1.807) is 0 Å². The average molecular weight is 177 g/mol. The summed E-state index contributed by atoms with van der Waals surface area (Å²) in [6.45, 7) is -0.196. The fraction of sp³-hybridized carbons (Fsp3) is 1.00. The van der Waals surface area contributed by atoms with Gasteiger partial charge in [0.05, 0.1) is 18.8 Å². The minimum Gasteiger partial charge on any atom is -0.394 e. The van der Waals surface area contributed by atoms with Crippen molar-refractivity contribution in [3.05, 3.63) is 0 Å². The maximum atomic E-state index is 9.38. The SMILES string of the molecule is COC1CC(O)C(N)C(CO)O1. The summed E-state index contributed by atoms with van der Waals surface area (Å²) in [5.41, 5.74) is 5.56. The molecule has 4 N–H and O–H groups in total. The lowest BCUT2D eigenvalue weighted by Crippen LogP contribution is -2.54. The molecule has 4 unspecified atom stereocenters. The Morgan fingerprint density at radius 1 is 1.67 bits per heavy atom. The molecule has 12 heavy (non-hydrogen) atoms. The number of methoxy groups -OCH3 is 1. The van der Waals surface area contributed by atoms with Crippen LogP contribution >= 0.6 is 0 Å². The molecular formula is C7H15NO4. The molecule has 1 aliphatic heterocycles. The van der Waals surface area contributed by atoms with E-state index in [9.17, 15) is 5.11 Å². The van der Waals surface area contributed by atoms with Crippen LogP contribution in [0.3, 0.4) is 0 Å². The third-order valence-corrected chi connectivity index (χ3v) is 2.08. The Bertz CT molecular complexity index is 143. The van der Waals surface area contributed by atoms with Gasteiger partial charge in [0, 0.05) is 13.5 Å². The molecule has 0 amide bonds. The van der Waals surface area contributed by atoms with E-state index in [0.29, 0.717) is 6.42 Å². The first kappa shape index (κ1) is 9.88. The maximum absolute atomic E-state index is 9.38. The minimum atomic E-state index is -0.666. The van der Waals surface area contributed by atoms with Crippen molar-refractivity contribution in [3.8, 4) is 0 Å². The first-order valence-corrected chi connectivity index (χ1v) is 3.91. The summed E-state index contributed by atoms with van der Waals surface area (Å²) in [5, 5.41) is 18.2. The molecular weight excluding hydrogens is 162 g/mol. The van der Waals surface area contributed by atoms with E-state index in [2.05, 4.69) is 0 Å². The summed E-state index contributed by atoms with van der Waals surface area (Å²) < 4.78 is 10.1. The number of hydrogen-bond donors (Lipinski definition) is 3. The van der Waals surface area contributed by atoms with E-state index in [0.717, 1.165) is 0 Å². The highest BCUT2D eigenvalue weighted by atomic mass is 16.7. The van der Waals surface area contributed by atoms with E-state index in [1.165, 1.54) is 7.11 Å². The zero-order valence-corrected chi connectivity index (χ0v) is 7.01. The van der Waals surface area contributed by atoms with Gasteiger partial charge in [-0.25, -0.2) is 0 Å². The lowest BCUT2D eigenvalue weighted by Gasteiger charge is -2.36. The number of nitrogens with two attached hydrogens (primary N) is 1. The number of hydrogen-bond acceptors (Lipinski definition) is 5. The van der Waals surface area contributed by atoms with Gasteiger partial charge in [-0.15, -0.1) is 0 Å². The van der Waals surface area contributed by atoms with Crippen molar-refractivity contribution in [3.63, 3.8) is 0 Å². The minimum absolute atomic E-state index is 0.196. The smallest absolute Gasteiger partial charge is 0.160 e. The van der Waals surface area contributed by atoms with Crippen LogP contribution < -0.4 is 5.73 Å². The number of ether oxygens (including phenoxy) is 2. The van der Waals surface area contributed by atoms with Crippen LogP contribution in [-0.2, 0) is 9.47 Å². The Kier molecular flexibility index (Phi) is 3.42. The van der Waals surface area contributed by atoms with Crippen LogP contribution in [0, 0.1) is 0 Å². The van der Waals surface area contributed by atoms with Crippen LogP contribution in [0.15, 0.2) is 0 Å². The summed E-state index contributed by atoms with van der Waals surface area (Å²) >= 11 is 0. The molecule has 5 nitrogen and oxygen atoms in total. The molecule has 1 rings (SSSR count). The van der Waals surface area contributed by atoms with Gasteiger partial charge in [-0.2, -0.15) is 0 Å². The topological polar surface area (TPSA) is 84.9 Å². The first-order chi connectivity index (χ1) is 5.69. The molecule has 5 heteroatoms. The third kappa shape index (κ3) is 1.94. The monoisotopic (exact) mass is 177 g/mol. The van der Waals surface area contributed by atoms with Crippen molar-refractivity contribution in [2.75, 3.05) is 13.7 Å². The van der Waals surface area contributed by atoms with Gasteiger partial charge in [0.2, 0.25) is 0 Å². The summed E-state index contributed by atoms with van der Waals surface area (Å²) in [4.78, 5) is 0. The van der Waals surface area contributed by atoms with Crippen molar-refractivity contribution >= 4 is 0 Å². The highest BCUT2D eigenvalue weighted by Crippen LogP contribution is 2.18. The Morgan fingerprint density at radius 3 is 2.83 bits per heavy atom. The second kappa shape index (κ2) is 4.15. The lowest BCUT2D eigenvalue weighted by atomic mass is 10.00. The molecule has 1 heterocycles. The number of aliphatic hydroxyl groups excluding tert-OH is 2. The van der Waals surface area contributed by atoms with E-state index in [-0.39, 0.29) is 6.61 Å². The quantitative estimate of drug-likeness (QED) is 0.474. The van der Waals surface area contributed by atoms with Crippen LogP contribution in [0.25, 0.3) is 0 Å². The van der Waals surface area contributed by atoms with Crippen LogP contribution in [0.4, 0.5) is 0 Å². The Morgan fingerprint density at radius 2 is 2.33 bits per heavy atom. The van der Waals surface area contributed by atoms with Gasteiger partial charge < -0.3 is 25.4 Å². The molecule has 1 fully saturated rings. The molecule has 0 saturated carbocycles. The molecule has 0 aromatic carbocycles. The number of rotatable bonds is 2. The average Bonchev–Trinajstić information content (AvgIpc) is 2.09. The molecule has 1 aliphatic rings. The fourth-order valence-corrected chi connectivity index (χ4v) is 1.26. The van der Waals surface area contributed by atoms with Gasteiger partial charge in [-0.1, -0.05) is 0 Å². The molecule has 4 atom stereocenters. The molecule has 0 aromatic heterocycles. The maximum Gasteiger partial charge on any atom is 0.160 e. The summed E-state index contributed by atoms with van der Waals surface area (Å²) in [5.74, 6) is 0. The van der Waals surface area contributed by atoms with E-state index in [4.69, 9.17) is 20.3 Å². The van der Waals surface area contributed by atoms with Gasteiger partial charge >= 0.3 is 0 Å². The summed E-state index contributed by atoms with van der Waals surface area (Å²) in [6, 6.07) is -0.526. The van der Waals surface area contributed by atoms with Crippen molar-refractivity contribution in [2.45, 2.75) is 31.0 Å². The molecule has 0 radical (unpaired) electrons. The highest BCUT2D eigenvalue weighted by molar-refractivity contribution is 4.85. The van der Waals surface area contributed by atoms with Gasteiger partial charge in [0.25, 0.3) is 0 Å². The van der Waals surface area contributed by atoms with E-state index >= 15 is 0 Å². The van der Waals surface area contributed by atoms with E-state index < -0.39 is 24.5 Å². The summed E-state index contributed by atoms with van der Waals surface area (Å²) in [6.07, 6.45) is -1.30. The predicted molar refractivity (Wildman–Crippen MR) is 41.4 cm³/mol. The zero-order chi connectivity index (χ0) is 9.14. The van der Waals surface area contributed by atoms with Crippen LogP contribution in [0.2, 0.25) is 0 Å². The molecule has 0 aliphatic carbocycles. The standard InChI is InChI=1S/C7H15NO4/c1-11-6-2-4(10)7(8)5(3-9)12-6/h4-7,9-10H,2-3,8H2,1H3. The van der Waals surface area contributed by atoms with Gasteiger partial charge in [-0.3, -0.25) is 0 Å². The van der Waals surface area contributed by atoms with Crippen molar-refractivity contribution < 1.29 is 19.7 Å². The fourth-order valence-electron chi connectivity index (χ4n) is 1.26. The van der Waals surface area contributed by atoms with Crippen molar-refractivity contribution in [1.29, 1.82) is 0 Å². The molecule has 1 saturated heterocycles. The summed E-state index contributed by atoms with van der Waals surface area (Å²) in [7, 11) is 1.49.